The van der Waals surface area contributed by atoms with E-state index >= 15 is 0 Å². The van der Waals surface area contributed by atoms with Gasteiger partial charge in [0.25, 0.3) is 0 Å². The monoisotopic (exact) mass is 378 g/mol. The summed E-state index contributed by atoms with van der Waals surface area (Å²) in [6, 6.07) is 10.1. The van der Waals surface area contributed by atoms with Gasteiger partial charge in [0.2, 0.25) is 5.91 Å². The van der Waals surface area contributed by atoms with Crippen molar-refractivity contribution >= 4 is 39.2 Å². The van der Waals surface area contributed by atoms with E-state index in [1.165, 1.54) is 5.56 Å². The quantitative estimate of drug-likeness (QED) is 0.771. The van der Waals surface area contributed by atoms with Crippen LogP contribution in [0.2, 0.25) is 0 Å². The van der Waals surface area contributed by atoms with Crippen molar-refractivity contribution in [3.8, 4) is 0 Å². The predicted octanol–water partition coefficient (Wildman–Crippen LogP) is 3.94. The molecule has 22 heavy (non-hydrogen) atoms. The molecule has 0 aliphatic carbocycles. The summed E-state index contributed by atoms with van der Waals surface area (Å²) in [5.74, 6) is -0.0787. The first-order chi connectivity index (χ1) is 10.6. The molecule has 0 aliphatic rings. The Balaban J connectivity index is 1.90. The first-order valence-electron chi connectivity index (χ1n) is 6.96. The third-order valence-corrected chi connectivity index (χ3v) is 4.55. The molecule has 2 rings (SSSR count). The third-order valence-electron chi connectivity index (χ3n) is 3.32. The summed E-state index contributed by atoms with van der Waals surface area (Å²) in [5.41, 5.74) is 2.23. The molecule has 116 valence electrons. The van der Waals surface area contributed by atoms with E-state index in [9.17, 15) is 4.79 Å². The van der Waals surface area contributed by atoms with Crippen LogP contribution in [0.1, 0.15) is 17.2 Å². The topological polar surface area (TPSA) is 32.3 Å². The Bertz CT molecular complexity index is 621. The normalized spacial score (nSPS) is 12.7. The first-order valence-corrected chi connectivity index (χ1v) is 8.70. The van der Waals surface area contributed by atoms with Crippen molar-refractivity contribution in [2.75, 3.05) is 20.6 Å². The molecule has 0 fully saturated rings. The van der Waals surface area contributed by atoms with E-state index < -0.39 is 0 Å². The van der Waals surface area contributed by atoms with Gasteiger partial charge in [-0.15, -0.1) is 0 Å². The van der Waals surface area contributed by atoms with Crippen molar-refractivity contribution in [1.82, 2.24) is 10.2 Å². The fourth-order valence-corrected chi connectivity index (χ4v) is 3.04. The number of halogens is 1. The minimum Gasteiger partial charge on any atom is -0.351 e. The molecular formula is C17H19BrN2OS. The van der Waals surface area contributed by atoms with E-state index in [1.54, 1.807) is 17.4 Å². The molecule has 0 saturated carbocycles. The van der Waals surface area contributed by atoms with Crippen LogP contribution >= 0.6 is 27.3 Å². The SMILES string of the molecule is CN(C)[C@@H](CNC(=O)/C=C/c1ccc(Br)cc1)c1ccsc1. The van der Waals surface area contributed by atoms with E-state index in [1.807, 2.05) is 44.4 Å². The summed E-state index contributed by atoms with van der Waals surface area (Å²) in [5, 5.41) is 7.14. The van der Waals surface area contributed by atoms with Gasteiger partial charge >= 0.3 is 0 Å². The molecular weight excluding hydrogens is 360 g/mol. The Morgan fingerprint density at radius 3 is 2.64 bits per heavy atom. The van der Waals surface area contributed by atoms with Crippen LogP contribution in [-0.2, 0) is 4.79 Å². The smallest absolute Gasteiger partial charge is 0.244 e. The van der Waals surface area contributed by atoms with E-state index in [4.69, 9.17) is 0 Å². The summed E-state index contributed by atoms with van der Waals surface area (Å²) in [6.07, 6.45) is 3.39. The van der Waals surface area contributed by atoms with Gasteiger partial charge in [-0.05, 0) is 60.3 Å². The number of nitrogens with one attached hydrogen (secondary N) is 1. The molecule has 5 heteroatoms. The minimum atomic E-state index is -0.0787. The number of carbonyl (C=O) groups excluding carboxylic acids is 1. The van der Waals surface area contributed by atoms with Gasteiger partial charge in [-0.3, -0.25) is 4.79 Å². The second kappa shape index (κ2) is 8.27. The molecule has 1 aromatic heterocycles. The molecule has 0 unspecified atom stereocenters. The Kier molecular flexibility index (Phi) is 6.36. The molecule has 0 saturated heterocycles. The van der Waals surface area contributed by atoms with Gasteiger partial charge in [0.15, 0.2) is 0 Å². The fourth-order valence-electron chi connectivity index (χ4n) is 2.07. The lowest BCUT2D eigenvalue weighted by Gasteiger charge is -2.23. The highest BCUT2D eigenvalue weighted by Gasteiger charge is 2.14. The summed E-state index contributed by atoms with van der Waals surface area (Å²) >= 11 is 5.06. The highest BCUT2D eigenvalue weighted by molar-refractivity contribution is 9.10. The van der Waals surface area contributed by atoms with Crippen LogP contribution in [0.25, 0.3) is 6.08 Å². The number of nitrogens with zero attached hydrogens (tertiary/aromatic N) is 1. The molecule has 1 atom stereocenters. The van der Waals surface area contributed by atoms with Crippen LogP contribution in [0.15, 0.2) is 51.6 Å². The molecule has 0 aliphatic heterocycles. The highest BCUT2D eigenvalue weighted by Crippen LogP contribution is 2.19. The van der Waals surface area contributed by atoms with Crippen molar-refractivity contribution in [2.24, 2.45) is 0 Å². The van der Waals surface area contributed by atoms with Crippen LogP contribution < -0.4 is 5.32 Å². The Labute approximate surface area is 143 Å². The second-order valence-electron chi connectivity index (χ2n) is 5.17. The van der Waals surface area contributed by atoms with Crippen LogP contribution in [0, 0.1) is 0 Å². The molecule has 1 N–H and O–H groups in total. The Hall–Kier alpha value is -1.43. The van der Waals surface area contributed by atoms with Crippen LogP contribution in [0.5, 0.6) is 0 Å². The molecule has 1 amide bonds. The third kappa shape index (κ3) is 5.09. The van der Waals surface area contributed by atoms with E-state index in [0.717, 1.165) is 10.0 Å². The second-order valence-corrected chi connectivity index (χ2v) is 6.86. The lowest BCUT2D eigenvalue weighted by molar-refractivity contribution is -0.116. The Morgan fingerprint density at radius 1 is 1.32 bits per heavy atom. The highest BCUT2D eigenvalue weighted by atomic mass is 79.9. The van der Waals surface area contributed by atoms with Crippen LogP contribution in [-0.4, -0.2) is 31.4 Å². The maximum absolute atomic E-state index is 12.0. The largest absolute Gasteiger partial charge is 0.351 e. The van der Waals surface area contributed by atoms with Crippen molar-refractivity contribution in [3.63, 3.8) is 0 Å². The van der Waals surface area contributed by atoms with Gasteiger partial charge in [-0.1, -0.05) is 28.1 Å². The maximum atomic E-state index is 12.0. The Morgan fingerprint density at radius 2 is 2.05 bits per heavy atom. The zero-order valence-corrected chi connectivity index (χ0v) is 15.0. The molecule has 0 radical (unpaired) electrons. The molecule has 2 aromatic rings. The number of likely N-dealkylation sites (N-methyl/N-ethyl adjacent to an activating group) is 1. The summed E-state index contributed by atoms with van der Waals surface area (Å²) in [7, 11) is 4.04. The maximum Gasteiger partial charge on any atom is 0.244 e. The van der Waals surface area contributed by atoms with Gasteiger partial charge in [-0.2, -0.15) is 11.3 Å². The number of benzene rings is 1. The average molecular weight is 379 g/mol. The zero-order chi connectivity index (χ0) is 15.9. The van der Waals surface area contributed by atoms with Gasteiger partial charge < -0.3 is 10.2 Å². The molecule has 0 bridgehead atoms. The molecule has 1 heterocycles. The van der Waals surface area contributed by atoms with Crippen molar-refractivity contribution in [1.29, 1.82) is 0 Å². The van der Waals surface area contributed by atoms with Crippen molar-refractivity contribution in [3.05, 3.63) is 62.8 Å². The van der Waals surface area contributed by atoms with E-state index in [2.05, 4.69) is 43.0 Å². The first kappa shape index (κ1) is 16.9. The van der Waals surface area contributed by atoms with Crippen molar-refractivity contribution in [2.45, 2.75) is 6.04 Å². The molecule has 0 spiro atoms. The van der Waals surface area contributed by atoms with Crippen molar-refractivity contribution < 1.29 is 4.79 Å². The average Bonchev–Trinajstić information content (AvgIpc) is 3.00. The number of hydrogen-bond acceptors (Lipinski definition) is 3. The lowest BCUT2D eigenvalue weighted by atomic mass is 10.1. The number of thiophene rings is 1. The lowest BCUT2D eigenvalue weighted by Crippen LogP contribution is -2.33. The van der Waals surface area contributed by atoms with Gasteiger partial charge in [0, 0.05) is 17.1 Å². The van der Waals surface area contributed by atoms with Gasteiger partial charge in [0.05, 0.1) is 6.04 Å². The standard InChI is InChI=1S/C17H19BrN2OS/c1-20(2)16(14-9-10-22-12-14)11-19-17(21)8-5-13-3-6-15(18)7-4-13/h3-10,12,16H,11H2,1-2H3,(H,19,21)/b8-5+/t16-/m0/s1. The number of carbonyl (C=O) groups is 1. The summed E-state index contributed by atoms with van der Waals surface area (Å²) in [4.78, 5) is 14.1. The van der Waals surface area contributed by atoms with Crippen LogP contribution in [0.4, 0.5) is 0 Å². The summed E-state index contributed by atoms with van der Waals surface area (Å²) < 4.78 is 1.03. The number of hydrogen-bond donors (Lipinski definition) is 1. The molecule has 1 aromatic carbocycles. The predicted molar refractivity (Wildman–Crippen MR) is 96.9 cm³/mol. The van der Waals surface area contributed by atoms with E-state index in [-0.39, 0.29) is 11.9 Å². The number of rotatable bonds is 6. The fraction of sp³-hybridized carbons (Fsp3) is 0.235. The van der Waals surface area contributed by atoms with E-state index in [0.29, 0.717) is 6.54 Å². The van der Waals surface area contributed by atoms with Gasteiger partial charge in [0.1, 0.15) is 0 Å². The van der Waals surface area contributed by atoms with Crippen LogP contribution in [0.3, 0.4) is 0 Å². The number of amides is 1. The zero-order valence-electron chi connectivity index (χ0n) is 12.6. The minimum absolute atomic E-state index is 0.0787. The van der Waals surface area contributed by atoms with Gasteiger partial charge in [-0.25, -0.2) is 0 Å². The molecule has 3 nitrogen and oxygen atoms in total. The summed E-state index contributed by atoms with van der Waals surface area (Å²) in [6.45, 7) is 0.591.